The summed E-state index contributed by atoms with van der Waals surface area (Å²) in [5.41, 5.74) is 1.24. The standard InChI is InChI=1S/C14H19N5O2/c1-9-16-14(21-17-9)12-8-20-13-7-19(6-11(12)13)5-10-3-15-18(2)4-10/h3-4,11-13H,5-8H2,1-2H3/t11-,12-,13-/m1/s1. The molecule has 2 aromatic rings. The second kappa shape index (κ2) is 4.92. The Balaban J connectivity index is 1.45. The molecule has 7 heteroatoms. The summed E-state index contributed by atoms with van der Waals surface area (Å²) in [6, 6.07) is 0. The second-order valence-electron chi connectivity index (χ2n) is 6.04. The number of fused-ring (bicyclic) bond motifs is 1. The lowest BCUT2D eigenvalue weighted by molar-refractivity contribution is 0.0958. The first kappa shape index (κ1) is 13.0. The van der Waals surface area contributed by atoms with Crippen LogP contribution in [0.3, 0.4) is 0 Å². The van der Waals surface area contributed by atoms with Gasteiger partial charge in [0.1, 0.15) is 0 Å². The minimum absolute atomic E-state index is 0.232. The molecule has 2 aliphatic heterocycles. The average Bonchev–Trinajstić information content (AvgIpc) is 3.16. The zero-order valence-corrected chi connectivity index (χ0v) is 12.3. The molecule has 7 nitrogen and oxygen atoms in total. The van der Waals surface area contributed by atoms with Crippen molar-refractivity contribution in [2.45, 2.75) is 25.5 Å². The molecule has 4 rings (SSSR count). The minimum atomic E-state index is 0.232. The van der Waals surface area contributed by atoms with E-state index in [9.17, 15) is 0 Å². The van der Waals surface area contributed by atoms with Gasteiger partial charge in [-0.15, -0.1) is 0 Å². The summed E-state index contributed by atoms with van der Waals surface area (Å²) in [5, 5.41) is 8.12. The Kier molecular flexibility index (Phi) is 3.04. The molecule has 0 radical (unpaired) electrons. The van der Waals surface area contributed by atoms with Crippen molar-refractivity contribution >= 4 is 0 Å². The van der Waals surface area contributed by atoms with Crippen LogP contribution in [0.2, 0.25) is 0 Å². The molecule has 2 saturated heterocycles. The van der Waals surface area contributed by atoms with E-state index in [1.54, 1.807) is 0 Å². The number of hydrogen-bond donors (Lipinski definition) is 0. The first-order valence-corrected chi connectivity index (χ1v) is 7.31. The lowest BCUT2D eigenvalue weighted by Gasteiger charge is -2.17. The number of nitrogens with zero attached hydrogens (tertiary/aromatic N) is 5. The van der Waals surface area contributed by atoms with Crippen molar-refractivity contribution in [1.82, 2.24) is 24.8 Å². The van der Waals surface area contributed by atoms with E-state index in [0.29, 0.717) is 18.3 Å². The van der Waals surface area contributed by atoms with Gasteiger partial charge in [0.05, 0.1) is 24.8 Å². The number of likely N-dealkylation sites (tertiary alicyclic amines) is 1. The molecule has 0 N–H and O–H groups in total. The lowest BCUT2D eigenvalue weighted by Crippen LogP contribution is -2.23. The third-order valence-corrected chi connectivity index (χ3v) is 4.42. The molecule has 4 heterocycles. The van der Waals surface area contributed by atoms with Gasteiger partial charge in [0.15, 0.2) is 5.82 Å². The van der Waals surface area contributed by atoms with Crippen LogP contribution in [0, 0.1) is 12.8 Å². The maximum Gasteiger partial charge on any atom is 0.232 e. The first-order chi connectivity index (χ1) is 10.2. The van der Waals surface area contributed by atoms with Gasteiger partial charge in [-0.1, -0.05) is 5.16 Å². The Morgan fingerprint density at radius 3 is 3.00 bits per heavy atom. The van der Waals surface area contributed by atoms with Crippen LogP contribution >= 0.6 is 0 Å². The van der Waals surface area contributed by atoms with E-state index in [-0.39, 0.29) is 12.0 Å². The molecule has 0 aliphatic carbocycles. The van der Waals surface area contributed by atoms with E-state index in [1.165, 1.54) is 5.56 Å². The van der Waals surface area contributed by atoms with E-state index >= 15 is 0 Å². The van der Waals surface area contributed by atoms with Crippen LogP contribution in [0.5, 0.6) is 0 Å². The van der Waals surface area contributed by atoms with Gasteiger partial charge >= 0.3 is 0 Å². The van der Waals surface area contributed by atoms with Crippen LogP contribution in [-0.2, 0) is 18.3 Å². The van der Waals surface area contributed by atoms with Gasteiger partial charge in [0.25, 0.3) is 0 Å². The normalized spacial score (nSPS) is 29.1. The number of hydrogen-bond acceptors (Lipinski definition) is 6. The summed E-state index contributed by atoms with van der Waals surface area (Å²) >= 11 is 0. The highest BCUT2D eigenvalue weighted by molar-refractivity contribution is 5.09. The summed E-state index contributed by atoms with van der Waals surface area (Å²) in [7, 11) is 1.94. The SMILES string of the molecule is Cc1noc([C@@H]2CO[C@@H]3CN(Cc4cnn(C)c4)C[C@@H]32)n1. The van der Waals surface area contributed by atoms with E-state index in [2.05, 4.69) is 26.3 Å². The molecule has 2 fully saturated rings. The number of rotatable bonds is 3. The third-order valence-electron chi connectivity index (χ3n) is 4.42. The Bertz CT molecular complexity index is 637. The maximum absolute atomic E-state index is 5.94. The molecule has 0 aromatic carbocycles. The van der Waals surface area contributed by atoms with Crippen LogP contribution in [0.25, 0.3) is 0 Å². The Morgan fingerprint density at radius 1 is 1.38 bits per heavy atom. The fraction of sp³-hybridized carbons (Fsp3) is 0.643. The number of aryl methyl sites for hydroxylation is 2. The van der Waals surface area contributed by atoms with E-state index in [4.69, 9.17) is 9.26 Å². The molecule has 0 bridgehead atoms. The molecular weight excluding hydrogens is 270 g/mol. The lowest BCUT2D eigenvalue weighted by atomic mass is 9.93. The van der Waals surface area contributed by atoms with Crippen LogP contribution < -0.4 is 0 Å². The van der Waals surface area contributed by atoms with Gasteiger partial charge in [-0.25, -0.2) is 0 Å². The fourth-order valence-electron chi connectivity index (χ4n) is 3.45. The first-order valence-electron chi connectivity index (χ1n) is 7.31. The van der Waals surface area contributed by atoms with Gasteiger partial charge in [-0.05, 0) is 6.92 Å². The van der Waals surface area contributed by atoms with Crippen LogP contribution in [0.1, 0.15) is 23.2 Å². The zero-order valence-electron chi connectivity index (χ0n) is 12.3. The summed E-state index contributed by atoms with van der Waals surface area (Å²) in [4.78, 5) is 6.79. The van der Waals surface area contributed by atoms with Crippen LogP contribution in [0.4, 0.5) is 0 Å². The minimum Gasteiger partial charge on any atom is -0.376 e. The molecule has 0 amide bonds. The monoisotopic (exact) mass is 289 g/mol. The Morgan fingerprint density at radius 2 is 2.29 bits per heavy atom. The van der Waals surface area contributed by atoms with E-state index in [1.807, 2.05) is 24.9 Å². The molecule has 3 atom stereocenters. The maximum atomic E-state index is 5.94. The predicted molar refractivity (Wildman–Crippen MR) is 73.5 cm³/mol. The van der Waals surface area contributed by atoms with Crippen molar-refractivity contribution in [3.05, 3.63) is 29.7 Å². The highest BCUT2D eigenvalue weighted by atomic mass is 16.5. The molecule has 2 aromatic heterocycles. The summed E-state index contributed by atoms with van der Waals surface area (Å²) in [6.45, 7) is 5.43. The van der Waals surface area contributed by atoms with Gasteiger partial charge in [-0.3, -0.25) is 9.58 Å². The van der Waals surface area contributed by atoms with Crippen molar-refractivity contribution < 1.29 is 9.26 Å². The van der Waals surface area contributed by atoms with Crippen molar-refractivity contribution in [2.75, 3.05) is 19.7 Å². The number of ether oxygens (including phenoxy) is 1. The fourth-order valence-corrected chi connectivity index (χ4v) is 3.45. The molecule has 2 aliphatic rings. The van der Waals surface area contributed by atoms with Gasteiger partial charge in [0.2, 0.25) is 5.89 Å². The topological polar surface area (TPSA) is 69.2 Å². The molecule has 21 heavy (non-hydrogen) atoms. The molecule has 112 valence electrons. The second-order valence-corrected chi connectivity index (χ2v) is 6.04. The van der Waals surface area contributed by atoms with Gasteiger partial charge < -0.3 is 9.26 Å². The third kappa shape index (κ3) is 2.36. The highest BCUT2D eigenvalue weighted by Gasteiger charge is 2.46. The average molecular weight is 289 g/mol. The quantitative estimate of drug-likeness (QED) is 0.829. The van der Waals surface area contributed by atoms with Crippen molar-refractivity contribution in [3.63, 3.8) is 0 Å². The van der Waals surface area contributed by atoms with E-state index < -0.39 is 0 Å². The van der Waals surface area contributed by atoms with Crippen LogP contribution in [0.15, 0.2) is 16.9 Å². The van der Waals surface area contributed by atoms with Crippen molar-refractivity contribution in [2.24, 2.45) is 13.0 Å². The smallest absolute Gasteiger partial charge is 0.232 e. The van der Waals surface area contributed by atoms with E-state index in [0.717, 1.165) is 25.5 Å². The van der Waals surface area contributed by atoms with Crippen molar-refractivity contribution in [1.29, 1.82) is 0 Å². The summed E-state index contributed by atoms with van der Waals surface area (Å²) in [5.74, 6) is 2.10. The molecule has 0 unspecified atom stereocenters. The molecule has 0 spiro atoms. The Hall–Kier alpha value is -1.73. The number of aromatic nitrogens is 4. The Labute approximate surface area is 122 Å². The molecular formula is C14H19N5O2. The van der Waals surface area contributed by atoms with Crippen LogP contribution in [-0.4, -0.2) is 50.6 Å². The van der Waals surface area contributed by atoms with Gasteiger partial charge in [0, 0.05) is 44.4 Å². The zero-order chi connectivity index (χ0) is 14.4. The summed E-state index contributed by atoms with van der Waals surface area (Å²) in [6.07, 6.45) is 4.26. The largest absolute Gasteiger partial charge is 0.376 e. The summed E-state index contributed by atoms with van der Waals surface area (Å²) < 4.78 is 13.1. The predicted octanol–water partition coefficient (Wildman–Crippen LogP) is 0.726. The molecule has 0 saturated carbocycles. The van der Waals surface area contributed by atoms with Gasteiger partial charge in [-0.2, -0.15) is 10.1 Å². The van der Waals surface area contributed by atoms with Crippen molar-refractivity contribution in [3.8, 4) is 0 Å². The highest BCUT2D eigenvalue weighted by Crippen LogP contribution is 2.39.